The van der Waals surface area contributed by atoms with E-state index in [0.29, 0.717) is 46.5 Å². The first kappa shape index (κ1) is 37.2. The Bertz CT molecular complexity index is 953. The van der Waals surface area contributed by atoms with Crippen molar-refractivity contribution in [1.82, 2.24) is 10.6 Å². The number of aliphatic carboxylic acids is 1. The van der Waals surface area contributed by atoms with E-state index in [2.05, 4.69) is 31.4 Å². The summed E-state index contributed by atoms with van der Waals surface area (Å²) in [6, 6.07) is -0.151. The lowest BCUT2D eigenvalue weighted by Gasteiger charge is -2.61. The number of ketones is 1. The van der Waals surface area contributed by atoms with Crippen LogP contribution in [0.5, 0.6) is 0 Å². The zero-order valence-corrected chi connectivity index (χ0v) is 30.0. The summed E-state index contributed by atoms with van der Waals surface area (Å²) in [5.41, 5.74) is 12.2. The predicted molar refractivity (Wildman–Crippen MR) is 188 cm³/mol. The van der Waals surface area contributed by atoms with E-state index < -0.39 is 12.0 Å². The average molecular weight is 649 g/mol. The number of carbonyl (C=O) groups is 2. The van der Waals surface area contributed by atoms with Crippen LogP contribution >= 0.6 is 11.8 Å². The Hall–Kier alpha value is -0.670. The van der Waals surface area contributed by atoms with Crippen LogP contribution in [-0.4, -0.2) is 66.6 Å². The molecule has 4 aliphatic rings. The van der Waals surface area contributed by atoms with E-state index in [4.69, 9.17) is 16.6 Å². The third-order valence-electron chi connectivity index (χ3n) is 13.6. The summed E-state index contributed by atoms with van der Waals surface area (Å²) in [6.07, 6.45) is 17.7. The highest BCUT2D eigenvalue weighted by atomic mass is 32.2. The van der Waals surface area contributed by atoms with Crippen molar-refractivity contribution in [2.75, 3.05) is 37.7 Å². The Kier molecular flexibility index (Phi) is 14.1. The van der Waals surface area contributed by atoms with Crippen LogP contribution in [0.4, 0.5) is 0 Å². The molecule has 0 amide bonds. The van der Waals surface area contributed by atoms with Gasteiger partial charge in [-0.05, 0) is 156 Å². The first-order valence-corrected chi connectivity index (χ1v) is 19.9. The van der Waals surface area contributed by atoms with Crippen LogP contribution in [0.2, 0.25) is 0 Å². The van der Waals surface area contributed by atoms with Gasteiger partial charge in [-0.3, -0.25) is 9.59 Å². The highest BCUT2D eigenvalue weighted by Gasteiger charge is 2.60. The minimum absolute atomic E-state index is 0.0413. The van der Waals surface area contributed by atoms with Crippen molar-refractivity contribution in [2.24, 2.45) is 63.7 Å². The number of rotatable bonds is 19. The van der Waals surface area contributed by atoms with E-state index in [9.17, 15) is 9.59 Å². The number of fused-ring (bicyclic) bond motifs is 5. The van der Waals surface area contributed by atoms with E-state index in [1.807, 2.05) is 6.92 Å². The van der Waals surface area contributed by atoms with Crippen molar-refractivity contribution < 1.29 is 14.7 Å². The van der Waals surface area contributed by atoms with Gasteiger partial charge in [-0.2, -0.15) is 11.8 Å². The zero-order chi connectivity index (χ0) is 32.6. The third kappa shape index (κ3) is 9.07. The zero-order valence-electron chi connectivity index (χ0n) is 29.2. The molecular weight excluding hydrogens is 580 g/mol. The van der Waals surface area contributed by atoms with Crippen LogP contribution in [0, 0.1) is 52.3 Å². The van der Waals surface area contributed by atoms with E-state index >= 15 is 0 Å². The molecular formula is C37H68N4O3S. The molecule has 45 heavy (non-hydrogen) atoms. The first-order chi connectivity index (χ1) is 21.5. The Morgan fingerprint density at radius 3 is 2.40 bits per heavy atom. The van der Waals surface area contributed by atoms with Gasteiger partial charge in [0.2, 0.25) is 0 Å². The molecule has 7 nitrogen and oxygen atoms in total. The van der Waals surface area contributed by atoms with Crippen molar-refractivity contribution in [3.05, 3.63) is 0 Å². The second-order valence-electron chi connectivity index (χ2n) is 16.3. The van der Waals surface area contributed by atoms with Gasteiger partial charge >= 0.3 is 5.97 Å². The Morgan fingerprint density at radius 2 is 1.64 bits per heavy atom. The van der Waals surface area contributed by atoms with Gasteiger partial charge in [0, 0.05) is 29.9 Å². The minimum Gasteiger partial charge on any atom is -0.480 e. The molecule has 4 fully saturated rings. The number of unbranched alkanes of at least 4 members (excludes halogenated alkanes) is 1. The number of thioether (sulfide) groups is 1. The molecule has 7 N–H and O–H groups in total. The minimum atomic E-state index is -0.973. The lowest BCUT2D eigenvalue weighted by Crippen LogP contribution is -2.55. The summed E-state index contributed by atoms with van der Waals surface area (Å²) in [5, 5.41) is 16.5. The summed E-state index contributed by atoms with van der Waals surface area (Å²) >= 11 is 1.49. The highest BCUT2D eigenvalue weighted by molar-refractivity contribution is 7.99. The second-order valence-corrected chi connectivity index (χ2v) is 17.4. The van der Waals surface area contributed by atoms with Crippen LogP contribution in [0.25, 0.3) is 0 Å². The molecule has 0 radical (unpaired) electrons. The molecule has 0 saturated heterocycles. The van der Waals surface area contributed by atoms with Gasteiger partial charge in [-0.15, -0.1) is 0 Å². The maximum absolute atomic E-state index is 13.0. The summed E-state index contributed by atoms with van der Waals surface area (Å²) in [4.78, 5) is 23.9. The fraction of sp³-hybridized carbons (Fsp3) is 0.946. The molecule has 260 valence electrons. The van der Waals surface area contributed by atoms with Crippen LogP contribution in [-0.2, 0) is 9.59 Å². The summed E-state index contributed by atoms with van der Waals surface area (Å²) in [5.74, 6) is 5.18. The van der Waals surface area contributed by atoms with Gasteiger partial charge in [0.05, 0.1) is 0 Å². The highest BCUT2D eigenvalue weighted by Crippen LogP contribution is 2.68. The lowest BCUT2D eigenvalue weighted by molar-refractivity contribution is -0.137. The van der Waals surface area contributed by atoms with Crippen molar-refractivity contribution in [3.63, 3.8) is 0 Å². The SMILES string of the molecule is CC(CSCC(N)C(=O)O)C(=O)CC[C@@H](C)C1CCC2C3CC[C@H]4C[C@@H](NCCCNCCCCN)CC[C@]4(C)C3CC[C@@]21C. The fourth-order valence-corrected chi connectivity index (χ4v) is 11.9. The number of carbonyl (C=O) groups excluding carboxylic acids is 1. The fourth-order valence-electron chi connectivity index (χ4n) is 10.8. The second kappa shape index (κ2) is 17.1. The van der Waals surface area contributed by atoms with E-state index in [1.165, 1.54) is 82.4 Å². The van der Waals surface area contributed by atoms with Crippen molar-refractivity contribution in [3.8, 4) is 0 Å². The Balaban J connectivity index is 1.22. The number of carboxylic acid groups (broad SMARTS) is 1. The van der Waals surface area contributed by atoms with E-state index in [0.717, 1.165) is 68.6 Å². The van der Waals surface area contributed by atoms with Gasteiger partial charge in [-0.25, -0.2) is 0 Å². The number of hydrogen-bond acceptors (Lipinski definition) is 7. The largest absolute Gasteiger partial charge is 0.480 e. The standard InChI is InChI=1S/C37H68N4O3S/c1-25(8-13-34(42)26(2)23-45-24-33(39)35(43)44)30-11-12-31-29-10-9-27-22-28(41-21-7-20-40-19-6-5-18-38)14-16-36(27,3)32(29)15-17-37(30,31)4/h25-33,40-41H,5-24,38-39H2,1-4H3,(H,43,44)/t25-,26?,27+,28+,29?,30?,31?,32?,33?,36+,37-/m1/s1. The van der Waals surface area contributed by atoms with Crippen LogP contribution in [0.15, 0.2) is 0 Å². The van der Waals surface area contributed by atoms with E-state index in [-0.39, 0.29) is 5.92 Å². The molecule has 11 atom stereocenters. The van der Waals surface area contributed by atoms with E-state index in [1.54, 1.807) is 0 Å². The predicted octanol–water partition coefficient (Wildman–Crippen LogP) is 6.09. The quantitative estimate of drug-likeness (QED) is 0.106. The molecule has 0 bridgehead atoms. The summed E-state index contributed by atoms with van der Waals surface area (Å²) in [7, 11) is 0. The Morgan fingerprint density at radius 1 is 0.911 bits per heavy atom. The molecule has 4 aliphatic carbocycles. The summed E-state index contributed by atoms with van der Waals surface area (Å²) in [6.45, 7) is 13.9. The number of nitrogens with two attached hydrogens (primary N) is 2. The smallest absolute Gasteiger partial charge is 0.321 e. The summed E-state index contributed by atoms with van der Waals surface area (Å²) < 4.78 is 0. The number of carboxylic acids is 1. The monoisotopic (exact) mass is 649 g/mol. The van der Waals surface area contributed by atoms with Gasteiger partial charge < -0.3 is 27.2 Å². The molecule has 0 spiro atoms. The molecule has 0 aromatic rings. The molecule has 0 aliphatic heterocycles. The normalized spacial score (nSPS) is 36.4. The lowest BCUT2D eigenvalue weighted by atomic mass is 9.44. The van der Waals surface area contributed by atoms with Crippen molar-refractivity contribution in [2.45, 2.75) is 130 Å². The average Bonchev–Trinajstić information content (AvgIpc) is 3.38. The maximum Gasteiger partial charge on any atom is 0.321 e. The van der Waals surface area contributed by atoms with Crippen LogP contribution in [0.1, 0.15) is 118 Å². The molecule has 6 unspecified atom stereocenters. The van der Waals surface area contributed by atoms with Gasteiger partial charge in [0.25, 0.3) is 0 Å². The number of nitrogens with one attached hydrogen (secondary N) is 2. The van der Waals surface area contributed by atoms with Gasteiger partial charge in [0.15, 0.2) is 0 Å². The molecule has 0 aromatic heterocycles. The molecule has 8 heteroatoms. The molecule has 4 rings (SSSR count). The number of hydrogen-bond donors (Lipinski definition) is 5. The third-order valence-corrected chi connectivity index (χ3v) is 14.9. The van der Waals surface area contributed by atoms with Crippen molar-refractivity contribution in [1.29, 1.82) is 0 Å². The Labute approximate surface area is 279 Å². The number of Topliss-reactive ketones (excluding diaryl/α,β-unsaturated/α-hetero) is 1. The van der Waals surface area contributed by atoms with Crippen LogP contribution < -0.4 is 22.1 Å². The maximum atomic E-state index is 13.0. The van der Waals surface area contributed by atoms with Crippen molar-refractivity contribution >= 4 is 23.5 Å². The molecule has 4 saturated carbocycles. The molecule has 0 heterocycles. The topological polar surface area (TPSA) is 130 Å². The molecule has 0 aromatic carbocycles. The van der Waals surface area contributed by atoms with Crippen LogP contribution in [0.3, 0.4) is 0 Å². The van der Waals surface area contributed by atoms with Gasteiger partial charge in [0.1, 0.15) is 11.8 Å². The first-order valence-electron chi connectivity index (χ1n) is 18.7. The van der Waals surface area contributed by atoms with Gasteiger partial charge in [-0.1, -0.05) is 27.7 Å².